The van der Waals surface area contributed by atoms with Crippen molar-refractivity contribution in [2.45, 2.75) is 25.8 Å². The van der Waals surface area contributed by atoms with Crippen LogP contribution in [0.5, 0.6) is 5.75 Å². The molecule has 0 bridgehead atoms. The third kappa shape index (κ3) is 4.60. The first kappa shape index (κ1) is 16.6. The molecule has 0 radical (unpaired) electrons. The highest BCUT2D eigenvalue weighted by Crippen LogP contribution is 2.20. The molecular weight excluding hydrogens is 342 g/mol. The van der Waals surface area contributed by atoms with E-state index in [0.717, 1.165) is 21.3 Å². The maximum absolute atomic E-state index is 12.1. The molecule has 1 atom stereocenters. The molecule has 4 heteroatoms. The molecule has 3 nitrogen and oxygen atoms in total. The van der Waals surface area contributed by atoms with Crippen LogP contribution in [0.15, 0.2) is 53.0 Å². The van der Waals surface area contributed by atoms with Gasteiger partial charge >= 0.3 is 0 Å². The number of methoxy groups -OCH3 is 1. The van der Waals surface area contributed by atoms with Crippen LogP contribution in [0.2, 0.25) is 0 Å². The predicted molar refractivity (Wildman–Crippen MR) is 92.0 cm³/mol. The molecule has 0 aromatic heterocycles. The summed E-state index contributed by atoms with van der Waals surface area (Å²) in [6.07, 6.45) is 1.11. The highest BCUT2D eigenvalue weighted by atomic mass is 79.9. The average molecular weight is 362 g/mol. The fourth-order valence-electron chi connectivity index (χ4n) is 2.33. The van der Waals surface area contributed by atoms with Crippen LogP contribution in [0.25, 0.3) is 0 Å². The zero-order valence-corrected chi connectivity index (χ0v) is 14.4. The van der Waals surface area contributed by atoms with Crippen LogP contribution < -0.4 is 10.1 Å². The van der Waals surface area contributed by atoms with E-state index < -0.39 is 0 Å². The summed E-state index contributed by atoms with van der Waals surface area (Å²) >= 11 is 3.45. The summed E-state index contributed by atoms with van der Waals surface area (Å²) in [5, 5.41) is 3.03. The first-order valence-electron chi connectivity index (χ1n) is 7.27. The Balaban J connectivity index is 1.90. The minimum absolute atomic E-state index is 0.0114. The Morgan fingerprint density at radius 1 is 1.23 bits per heavy atom. The van der Waals surface area contributed by atoms with E-state index >= 15 is 0 Å². The second-order valence-corrected chi connectivity index (χ2v) is 6.07. The number of rotatable bonds is 6. The van der Waals surface area contributed by atoms with Crippen LogP contribution >= 0.6 is 15.9 Å². The molecule has 2 aromatic carbocycles. The van der Waals surface area contributed by atoms with E-state index in [1.54, 1.807) is 7.11 Å². The molecule has 0 aliphatic rings. The van der Waals surface area contributed by atoms with Gasteiger partial charge in [-0.15, -0.1) is 0 Å². The largest absolute Gasteiger partial charge is 0.496 e. The SMILES string of the molecule is COc1ccccc1CCC(=O)NC(C)c1cccc(Br)c1. The van der Waals surface area contributed by atoms with Gasteiger partial charge in [0.15, 0.2) is 0 Å². The Hall–Kier alpha value is -1.81. The van der Waals surface area contributed by atoms with Gasteiger partial charge in [-0.1, -0.05) is 46.3 Å². The van der Waals surface area contributed by atoms with Crippen LogP contribution in [0.3, 0.4) is 0 Å². The zero-order chi connectivity index (χ0) is 15.9. The van der Waals surface area contributed by atoms with E-state index in [4.69, 9.17) is 4.74 Å². The standard InChI is InChI=1S/C18H20BrNO2/c1-13(15-7-5-8-16(19)12-15)20-18(21)11-10-14-6-3-4-9-17(14)22-2/h3-9,12-13H,10-11H2,1-2H3,(H,20,21). The maximum atomic E-state index is 12.1. The van der Waals surface area contributed by atoms with Gasteiger partial charge in [0, 0.05) is 10.9 Å². The van der Waals surface area contributed by atoms with Crippen molar-refractivity contribution < 1.29 is 9.53 Å². The van der Waals surface area contributed by atoms with E-state index in [2.05, 4.69) is 21.2 Å². The summed E-state index contributed by atoms with van der Waals surface area (Å²) in [4.78, 5) is 12.1. The number of hydrogen-bond acceptors (Lipinski definition) is 2. The predicted octanol–water partition coefficient (Wildman–Crippen LogP) is 4.27. The summed E-state index contributed by atoms with van der Waals surface area (Å²) in [6.45, 7) is 1.99. The van der Waals surface area contributed by atoms with Gasteiger partial charge in [-0.2, -0.15) is 0 Å². The van der Waals surface area contributed by atoms with E-state index in [9.17, 15) is 4.79 Å². The zero-order valence-electron chi connectivity index (χ0n) is 12.8. The van der Waals surface area contributed by atoms with Crippen molar-refractivity contribution in [3.63, 3.8) is 0 Å². The number of carbonyl (C=O) groups is 1. The van der Waals surface area contributed by atoms with Crippen LogP contribution in [0.4, 0.5) is 0 Å². The number of hydrogen-bond donors (Lipinski definition) is 1. The molecule has 0 saturated heterocycles. The van der Waals surface area contributed by atoms with Gasteiger partial charge in [-0.05, 0) is 42.7 Å². The van der Waals surface area contributed by atoms with Gasteiger partial charge in [0.25, 0.3) is 0 Å². The molecule has 0 heterocycles. The number of benzene rings is 2. The highest BCUT2D eigenvalue weighted by molar-refractivity contribution is 9.10. The maximum Gasteiger partial charge on any atom is 0.220 e. The number of aryl methyl sites for hydroxylation is 1. The van der Waals surface area contributed by atoms with E-state index in [-0.39, 0.29) is 11.9 Å². The van der Waals surface area contributed by atoms with Crippen molar-refractivity contribution in [3.8, 4) is 5.75 Å². The van der Waals surface area contributed by atoms with Crippen LogP contribution in [-0.2, 0) is 11.2 Å². The van der Waals surface area contributed by atoms with Crippen molar-refractivity contribution >= 4 is 21.8 Å². The van der Waals surface area contributed by atoms with Crippen molar-refractivity contribution in [2.75, 3.05) is 7.11 Å². The molecule has 0 fully saturated rings. The fourth-order valence-corrected chi connectivity index (χ4v) is 2.75. The Morgan fingerprint density at radius 2 is 2.00 bits per heavy atom. The number of halogens is 1. The molecule has 116 valence electrons. The Kier molecular flexibility index (Phi) is 6.01. The molecule has 1 amide bonds. The molecule has 0 aliphatic carbocycles. The Bertz CT molecular complexity index is 642. The monoisotopic (exact) mass is 361 g/mol. The van der Waals surface area contributed by atoms with E-state index in [0.29, 0.717) is 12.8 Å². The topological polar surface area (TPSA) is 38.3 Å². The minimum Gasteiger partial charge on any atom is -0.496 e. The lowest BCUT2D eigenvalue weighted by atomic mass is 10.1. The molecule has 2 aromatic rings. The Morgan fingerprint density at radius 3 is 2.73 bits per heavy atom. The lowest BCUT2D eigenvalue weighted by molar-refractivity contribution is -0.121. The van der Waals surface area contributed by atoms with Gasteiger partial charge in [0.05, 0.1) is 13.2 Å². The first-order chi connectivity index (χ1) is 10.6. The molecule has 1 unspecified atom stereocenters. The molecule has 22 heavy (non-hydrogen) atoms. The minimum atomic E-state index is -0.0114. The third-order valence-electron chi connectivity index (χ3n) is 3.54. The van der Waals surface area contributed by atoms with Crippen molar-refractivity contribution in [1.82, 2.24) is 5.32 Å². The van der Waals surface area contributed by atoms with Crippen molar-refractivity contribution in [1.29, 1.82) is 0 Å². The smallest absolute Gasteiger partial charge is 0.220 e. The summed E-state index contributed by atoms with van der Waals surface area (Å²) in [5.41, 5.74) is 2.13. The van der Waals surface area contributed by atoms with Gasteiger partial charge in [-0.25, -0.2) is 0 Å². The van der Waals surface area contributed by atoms with Crippen molar-refractivity contribution in [3.05, 3.63) is 64.1 Å². The number of amides is 1. The molecule has 0 saturated carbocycles. The van der Waals surface area contributed by atoms with Gasteiger partial charge in [0.2, 0.25) is 5.91 Å². The average Bonchev–Trinajstić information content (AvgIpc) is 2.53. The second kappa shape index (κ2) is 7.99. The fraction of sp³-hybridized carbons (Fsp3) is 0.278. The van der Waals surface area contributed by atoms with Crippen LogP contribution in [0, 0.1) is 0 Å². The molecular formula is C18H20BrNO2. The van der Waals surface area contributed by atoms with Gasteiger partial charge in [-0.3, -0.25) is 4.79 Å². The van der Waals surface area contributed by atoms with Crippen LogP contribution in [-0.4, -0.2) is 13.0 Å². The summed E-state index contributed by atoms with van der Waals surface area (Å²) in [5.74, 6) is 0.869. The summed E-state index contributed by atoms with van der Waals surface area (Å²) < 4.78 is 6.32. The van der Waals surface area contributed by atoms with Crippen molar-refractivity contribution in [2.24, 2.45) is 0 Å². The molecule has 0 aliphatic heterocycles. The van der Waals surface area contributed by atoms with E-state index in [1.807, 2.05) is 55.5 Å². The van der Waals surface area contributed by atoms with E-state index in [1.165, 1.54) is 0 Å². The quantitative estimate of drug-likeness (QED) is 0.834. The lowest BCUT2D eigenvalue weighted by Gasteiger charge is -2.15. The molecule has 0 spiro atoms. The third-order valence-corrected chi connectivity index (χ3v) is 4.03. The van der Waals surface area contributed by atoms with Gasteiger partial charge < -0.3 is 10.1 Å². The number of carbonyl (C=O) groups excluding carboxylic acids is 1. The second-order valence-electron chi connectivity index (χ2n) is 5.16. The molecule has 1 N–H and O–H groups in total. The van der Waals surface area contributed by atoms with Gasteiger partial charge in [0.1, 0.15) is 5.75 Å². The number of nitrogens with one attached hydrogen (secondary N) is 1. The summed E-state index contributed by atoms with van der Waals surface area (Å²) in [6, 6.07) is 15.7. The summed E-state index contributed by atoms with van der Waals surface area (Å²) in [7, 11) is 1.65. The molecule has 2 rings (SSSR count). The normalized spacial score (nSPS) is 11.8. The Labute approximate surface area is 139 Å². The number of ether oxygens (including phenoxy) is 1. The highest BCUT2D eigenvalue weighted by Gasteiger charge is 2.11. The number of para-hydroxylation sites is 1. The van der Waals surface area contributed by atoms with Crippen LogP contribution in [0.1, 0.15) is 30.5 Å². The lowest BCUT2D eigenvalue weighted by Crippen LogP contribution is -2.26. The first-order valence-corrected chi connectivity index (χ1v) is 8.06.